The van der Waals surface area contributed by atoms with Crippen molar-refractivity contribution in [2.24, 2.45) is 0 Å². The summed E-state index contributed by atoms with van der Waals surface area (Å²) in [5.41, 5.74) is 3.23. The summed E-state index contributed by atoms with van der Waals surface area (Å²) in [4.78, 5) is 12.8. The lowest BCUT2D eigenvalue weighted by Gasteiger charge is -2.03. The van der Waals surface area contributed by atoms with Crippen molar-refractivity contribution in [3.05, 3.63) is 111 Å². The molecule has 0 aliphatic heterocycles. The molecule has 33 heavy (non-hydrogen) atoms. The number of halogens is 3. The van der Waals surface area contributed by atoms with E-state index >= 15 is 0 Å². The number of para-hydroxylation sites is 2. The van der Waals surface area contributed by atoms with E-state index in [4.69, 9.17) is 44.3 Å². The van der Waals surface area contributed by atoms with E-state index in [1.54, 1.807) is 22.9 Å². The van der Waals surface area contributed by atoms with Gasteiger partial charge in [-0.25, -0.2) is 4.68 Å². The van der Waals surface area contributed by atoms with Crippen molar-refractivity contribution in [1.82, 2.24) is 9.78 Å². The number of rotatable bonds is 5. The van der Waals surface area contributed by atoms with Gasteiger partial charge in [0, 0.05) is 22.7 Å². The lowest BCUT2D eigenvalue weighted by atomic mass is 10.1. The molecule has 5 rings (SSSR count). The van der Waals surface area contributed by atoms with Crippen LogP contribution in [0, 0.1) is 0 Å². The van der Waals surface area contributed by atoms with Gasteiger partial charge in [-0.3, -0.25) is 4.79 Å². The van der Waals surface area contributed by atoms with Crippen LogP contribution in [-0.2, 0) is 0 Å². The van der Waals surface area contributed by atoms with Crippen LogP contribution >= 0.6 is 34.8 Å². The average Bonchev–Trinajstić information content (AvgIpc) is 3.46. The van der Waals surface area contributed by atoms with Crippen LogP contribution in [0.3, 0.4) is 0 Å². The van der Waals surface area contributed by atoms with E-state index in [2.05, 4.69) is 0 Å². The van der Waals surface area contributed by atoms with Crippen LogP contribution in [0.25, 0.3) is 34.2 Å². The highest BCUT2D eigenvalue weighted by Crippen LogP contribution is 2.34. The molecule has 0 fully saturated rings. The topological polar surface area (TPSA) is 48.0 Å². The zero-order valence-electron chi connectivity index (χ0n) is 17.0. The first-order valence-electron chi connectivity index (χ1n) is 10.0. The minimum atomic E-state index is -0.304. The zero-order chi connectivity index (χ0) is 22.9. The maximum absolute atomic E-state index is 12.8. The normalized spacial score (nSPS) is 11.5. The van der Waals surface area contributed by atoms with Crippen molar-refractivity contribution >= 4 is 57.6 Å². The van der Waals surface area contributed by atoms with Crippen molar-refractivity contribution in [2.45, 2.75) is 0 Å². The van der Waals surface area contributed by atoms with Crippen molar-refractivity contribution in [1.29, 1.82) is 0 Å². The Balaban J connectivity index is 1.58. The summed E-state index contributed by atoms with van der Waals surface area (Å²) in [5, 5.41) is 6.27. The number of carbonyl (C=O) groups excluding carboxylic acids is 1. The first-order chi connectivity index (χ1) is 16.0. The highest BCUT2D eigenvalue weighted by Gasteiger charge is 2.17. The third-order valence-electron chi connectivity index (χ3n) is 5.14. The van der Waals surface area contributed by atoms with Crippen LogP contribution in [-0.4, -0.2) is 15.6 Å². The minimum absolute atomic E-state index is 0.122. The number of nitrogens with zero attached hydrogens (tertiary/aromatic N) is 2. The molecule has 7 heteroatoms. The van der Waals surface area contributed by atoms with E-state index in [0.29, 0.717) is 22.0 Å². The molecule has 0 atom stereocenters. The Labute approximate surface area is 204 Å². The Hall–Kier alpha value is -3.31. The highest BCUT2D eigenvalue weighted by atomic mass is 35.5. The van der Waals surface area contributed by atoms with Crippen LogP contribution in [0.1, 0.15) is 15.9 Å². The van der Waals surface area contributed by atoms with E-state index in [-0.39, 0.29) is 21.4 Å². The van der Waals surface area contributed by atoms with E-state index < -0.39 is 0 Å². The Kier molecular flexibility index (Phi) is 5.81. The number of furan rings is 1. The molecule has 0 unspecified atom stereocenters. The monoisotopic (exact) mass is 492 g/mol. The van der Waals surface area contributed by atoms with Gasteiger partial charge in [-0.15, -0.1) is 0 Å². The lowest BCUT2D eigenvalue weighted by Crippen LogP contribution is -1.96. The molecule has 0 aliphatic carbocycles. The molecule has 0 N–H and O–H groups in total. The predicted molar refractivity (Wildman–Crippen MR) is 134 cm³/mol. The van der Waals surface area contributed by atoms with E-state index in [1.807, 2.05) is 66.9 Å². The van der Waals surface area contributed by atoms with Gasteiger partial charge < -0.3 is 4.42 Å². The predicted octanol–water partition coefficient (Wildman–Crippen LogP) is 8.14. The summed E-state index contributed by atoms with van der Waals surface area (Å²) >= 11 is 18.3. The molecular weight excluding hydrogens is 479 g/mol. The number of benzene rings is 3. The molecule has 162 valence electrons. The van der Waals surface area contributed by atoms with Gasteiger partial charge in [0.1, 0.15) is 11.3 Å². The zero-order valence-corrected chi connectivity index (χ0v) is 19.3. The van der Waals surface area contributed by atoms with Gasteiger partial charge in [-0.1, -0.05) is 71.2 Å². The van der Waals surface area contributed by atoms with E-state index in [0.717, 1.165) is 16.7 Å². The molecule has 2 aromatic heterocycles. The van der Waals surface area contributed by atoms with Crippen LogP contribution < -0.4 is 0 Å². The number of hydrogen-bond donors (Lipinski definition) is 0. The first kappa shape index (κ1) is 21.5. The second kappa shape index (κ2) is 8.91. The number of ketones is 1. The Bertz CT molecular complexity index is 1480. The minimum Gasteiger partial charge on any atom is -0.454 e. The molecule has 0 bridgehead atoms. The van der Waals surface area contributed by atoms with E-state index in [9.17, 15) is 4.79 Å². The van der Waals surface area contributed by atoms with Gasteiger partial charge in [0.05, 0.1) is 20.8 Å². The molecule has 0 radical (unpaired) electrons. The number of aromatic nitrogens is 2. The third-order valence-corrected chi connectivity index (χ3v) is 6.43. The SMILES string of the molecule is O=C(/C=C/c1cn(-c2ccccc2)nc1-c1cc2ccccc2o1)c1ccc(Cl)c(Cl)c1Cl. The molecule has 2 heterocycles. The van der Waals surface area contributed by atoms with Gasteiger partial charge in [-0.05, 0) is 48.6 Å². The third kappa shape index (κ3) is 4.21. The van der Waals surface area contributed by atoms with Crippen molar-refractivity contribution < 1.29 is 9.21 Å². The number of fused-ring (bicyclic) bond motifs is 1. The summed E-state index contributed by atoms with van der Waals surface area (Å²) in [7, 11) is 0. The summed E-state index contributed by atoms with van der Waals surface area (Å²) in [6.07, 6.45) is 4.97. The molecule has 0 spiro atoms. The fraction of sp³-hybridized carbons (Fsp3) is 0. The summed E-state index contributed by atoms with van der Waals surface area (Å²) in [5.74, 6) is 0.298. The largest absolute Gasteiger partial charge is 0.454 e. The molecule has 0 amide bonds. The Morgan fingerprint density at radius 2 is 1.67 bits per heavy atom. The van der Waals surface area contributed by atoms with Crippen molar-refractivity contribution in [3.63, 3.8) is 0 Å². The second-order valence-electron chi connectivity index (χ2n) is 7.28. The fourth-order valence-corrected chi connectivity index (χ4v) is 4.11. The molecule has 0 aliphatic rings. The maximum Gasteiger partial charge on any atom is 0.187 e. The van der Waals surface area contributed by atoms with E-state index in [1.165, 1.54) is 6.08 Å². The number of hydrogen-bond acceptors (Lipinski definition) is 3. The van der Waals surface area contributed by atoms with Crippen LogP contribution in [0.5, 0.6) is 0 Å². The first-order valence-corrected chi connectivity index (χ1v) is 11.1. The van der Waals surface area contributed by atoms with Gasteiger partial charge in [0.15, 0.2) is 11.5 Å². The standard InChI is InChI=1S/C26H15Cl3N2O2/c27-20-12-11-19(24(28)25(20)29)21(32)13-10-17-15-31(18-7-2-1-3-8-18)30-26(17)23-14-16-6-4-5-9-22(16)33-23/h1-15H/b13-10+. The van der Waals surface area contributed by atoms with Gasteiger partial charge in [0.25, 0.3) is 0 Å². The summed E-state index contributed by atoms with van der Waals surface area (Å²) in [6, 6.07) is 22.5. The molecule has 3 aromatic carbocycles. The highest BCUT2D eigenvalue weighted by molar-refractivity contribution is 6.49. The summed E-state index contributed by atoms with van der Waals surface area (Å²) in [6.45, 7) is 0. The molecule has 4 nitrogen and oxygen atoms in total. The van der Waals surface area contributed by atoms with Gasteiger partial charge >= 0.3 is 0 Å². The van der Waals surface area contributed by atoms with Gasteiger partial charge in [-0.2, -0.15) is 5.10 Å². The maximum atomic E-state index is 12.8. The summed E-state index contributed by atoms with van der Waals surface area (Å²) < 4.78 is 7.78. The van der Waals surface area contributed by atoms with Crippen LogP contribution in [0.2, 0.25) is 15.1 Å². The number of allylic oxidation sites excluding steroid dienone is 1. The Morgan fingerprint density at radius 1 is 0.909 bits per heavy atom. The van der Waals surface area contributed by atoms with Crippen LogP contribution in [0.15, 0.2) is 89.5 Å². The number of carbonyl (C=O) groups is 1. The average molecular weight is 494 g/mol. The molecule has 0 saturated heterocycles. The quantitative estimate of drug-likeness (QED) is 0.141. The smallest absolute Gasteiger partial charge is 0.187 e. The molecule has 0 saturated carbocycles. The van der Waals surface area contributed by atoms with Crippen molar-refractivity contribution in [2.75, 3.05) is 0 Å². The van der Waals surface area contributed by atoms with Crippen LogP contribution in [0.4, 0.5) is 0 Å². The molecular formula is C26H15Cl3N2O2. The Morgan fingerprint density at radius 3 is 2.45 bits per heavy atom. The molecule has 5 aromatic rings. The van der Waals surface area contributed by atoms with Crippen molar-refractivity contribution in [3.8, 4) is 17.1 Å². The lowest BCUT2D eigenvalue weighted by molar-refractivity contribution is 0.104. The van der Waals surface area contributed by atoms with Gasteiger partial charge in [0.2, 0.25) is 0 Å². The second-order valence-corrected chi connectivity index (χ2v) is 8.45. The fourth-order valence-electron chi connectivity index (χ4n) is 3.48.